The first-order valence-corrected chi connectivity index (χ1v) is 10.0. The van der Waals surface area contributed by atoms with Crippen molar-refractivity contribution in [1.29, 1.82) is 0 Å². The zero-order valence-corrected chi connectivity index (χ0v) is 16.9. The molecule has 0 N–H and O–H groups in total. The SMILES string of the molecule is Cc1ccc(-n2nccn2)c(C(=O)N2C3CCC2C(Oc2cnc(C(F)(F)F)cn2)C3)n1. The summed E-state index contributed by atoms with van der Waals surface area (Å²) in [4.78, 5) is 28.2. The lowest BCUT2D eigenvalue weighted by atomic mass is 9.98. The van der Waals surface area contributed by atoms with Crippen molar-refractivity contribution < 1.29 is 22.7 Å². The van der Waals surface area contributed by atoms with Gasteiger partial charge in [0.05, 0.1) is 30.8 Å². The number of pyridine rings is 1. The van der Waals surface area contributed by atoms with Gasteiger partial charge in [-0.05, 0) is 31.9 Å². The first-order chi connectivity index (χ1) is 15.3. The Hall–Kier alpha value is -3.57. The topological polar surface area (TPSA) is 98.9 Å². The molecule has 5 heterocycles. The van der Waals surface area contributed by atoms with Crippen molar-refractivity contribution in [2.24, 2.45) is 0 Å². The second-order valence-electron chi connectivity index (χ2n) is 7.78. The number of hydrogen-bond donors (Lipinski definition) is 0. The molecule has 0 spiro atoms. The standard InChI is InChI=1S/C20H18F3N7O2/c1-11-2-4-14(30-26-6-7-27-30)18(28-11)19(31)29-12-3-5-13(29)15(8-12)32-17-10-24-16(9-25-17)20(21,22)23/h2,4,6-7,9-10,12-13,15H,3,5,8H2,1H3. The van der Waals surface area contributed by atoms with Crippen LogP contribution in [-0.2, 0) is 6.18 Å². The van der Waals surface area contributed by atoms with E-state index >= 15 is 0 Å². The number of halogens is 3. The molecule has 0 aliphatic carbocycles. The van der Waals surface area contributed by atoms with Gasteiger partial charge in [0.1, 0.15) is 11.8 Å². The first kappa shape index (κ1) is 20.3. The minimum absolute atomic E-state index is 0.00180. The molecule has 2 fully saturated rings. The van der Waals surface area contributed by atoms with Crippen molar-refractivity contribution in [2.75, 3.05) is 0 Å². The Bertz CT molecular complexity index is 1140. The molecule has 2 bridgehead atoms. The van der Waals surface area contributed by atoms with Crippen molar-refractivity contribution in [1.82, 2.24) is 34.8 Å². The third-order valence-electron chi connectivity index (χ3n) is 5.76. The molecule has 3 atom stereocenters. The van der Waals surface area contributed by atoms with Crippen LogP contribution < -0.4 is 4.74 Å². The molecule has 5 rings (SSSR count). The Morgan fingerprint density at radius 1 is 1.12 bits per heavy atom. The van der Waals surface area contributed by atoms with Crippen LogP contribution in [0.1, 0.15) is 41.1 Å². The number of nitrogens with zero attached hydrogens (tertiary/aromatic N) is 7. The lowest BCUT2D eigenvalue weighted by Gasteiger charge is -2.25. The number of carbonyl (C=O) groups excluding carboxylic acids is 1. The molecular weight excluding hydrogens is 427 g/mol. The number of fused-ring (bicyclic) bond motifs is 2. The van der Waals surface area contributed by atoms with E-state index in [9.17, 15) is 18.0 Å². The highest BCUT2D eigenvalue weighted by molar-refractivity contribution is 5.96. The van der Waals surface area contributed by atoms with Gasteiger partial charge >= 0.3 is 6.18 Å². The fourth-order valence-electron chi connectivity index (χ4n) is 4.39. The first-order valence-electron chi connectivity index (χ1n) is 10.0. The molecular formula is C20H18F3N7O2. The molecule has 2 aliphatic heterocycles. The van der Waals surface area contributed by atoms with E-state index in [1.807, 2.05) is 0 Å². The summed E-state index contributed by atoms with van der Waals surface area (Å²) in [5, 5.41) is 8.22. The van der Waals surface area contributed by atoms with Crippen LogP contribution in [0, 0.1) is 6.92 Å². The summed E-state index contributed by atoms with van der Waals surface area (Å²) in [7, 11) is 0. The van der Waals surface area contributed by atoms with Crippen molar-refractivity contribution in [2.45, 2.75) is 50.6 Å². The van der Waals surface area contributed by atoms with E-state index < -0.39 is 11.9 Å². The monoisotopic (exact) mass is 445 g/mol. The van der Waals surface area contributed by atoms with Crippen LogP contribution in [0.3, 0.4) is 0 Å². The molecule has 3 unspecified atom stereocenters. The minimum atomic E-state index is -4.57. The number of amides is 1. The van der Waals surface area contributed by atoms with E-state index in [0.29, 0.717) is 24.0 Å². The summed E-state index contributed by atoms with van der Waals surface area (Å²) in [5.41, 5.74) is 0.319. The molecule has 2 aliphatic rings. The Kier molecular flexibility index (Phi) is 4.79. The van der Waals surface area contributed by atoms with Gasteiger partial charge in [-0.3, -0.25) is 4.79 Å². The summed E-state index contributed by atoms with van der Waals surface area (Å²) in [6.45, 7) is 1.80. The third kappa shape index (κ3) is 3.55. The molecule has 1 amide bonds. The Balaban J connectivity index is 1.38. The largest absolute Gasteiger partial charge is 0.471 e. The van der Waals surface area contributed by atoms with Gasteiger partial charge in [0.15, 0.2) is 11.4 Å². The average Bonchev–Trinajstić information content (AvgIpc) is 3.49. The Morgan fingerprint density at radius 3 is 2.59 bits per heavy atom. The van der Waals surface area contributed by atoms with E-state index in [1.54, 1.807) is 24.0 Å². The highest BCUT2D eigenvalue weighted by Crippen LogP contribution is 2.40. The van der Waals surface area contributed by atoms with Crippen molar-refractivity contribution in [3.63, 3.8) is 0 Å². The zero-order valence-electron chi connectivity index (χ0n) is 16.9. The number of alkyl halides is 3. The van der Waals surface area contributed by atoms with E-state index in [0.717, 1.165) is 19.0 Å². The molecule has 0 aromatic carbocycles. The molecule has 2 saturated heterocycles. The number of aryl methyl sites for hydroxylation is 1. The van der Waals surface area contributed by atoms with Gasteiger partial charge in [-0.1, -0.05) is 0 Å². The summed E-state index contributed by atoms with van der Waals surface area (Å²) < 4.78 is 44.0. The molecule has 9 nitrogen and oxygen atoms in total. The highest BCUT2D eigenvalue weighted by Gasteiger charge is 2.51. The van der Waals surface area contributed by atoms with E-state index in [2.05, 4.69) is 25.1 Å². The molecule has 12 heteroatoms. The van der Waals surface area contributed by atoms with Crippen LogP contribution >= 0.6 is 0 Å². The van der Waals surface area contributed by atoms with Gasteiger partial charge in [0.25, 0.3) is 5.91 Å². The molecule has 0 saturated carbocycles. The summed E-state index contributed by atoms with van der Waals surface area (Å²) >= 11 is 0. The number of rotatable bonds is 4. The van der Waals surface area contributed by atoms with Crippen LogP contribution in [0.4, 0.5) is 13.2 Å². The van der Waals surface area contributed by atoms with E-state index in [-0.39, 0.29) is 35.7 Å². The summed E-state index contributed by atoms with van der Waals surface area (Å²) in [6.07, 6.45) is 1.77. The van der Waals surface area contributed by atoms with Crippen LogP contribution in [0.5, 0.6) is 5.88 Å². The van der Waals surface area contributed by atoms with Crippen LogP contribution in [-0.4, -0.2) is 58.9 Å². The van der Waals surface area contributed by atoms with E-state index in [1.165, 1.54) is 17.2 Å². The Morgan fingerprint density at radius 2 is 1.91 bits per heavy atom. The number of carbonyl (C=O) groups is 1. The lowest BCUT2D eigenvalue weighted by molar-refractivity contribution is -0.141. The third-order valence-corrected chi connectivity index (χ3v) is 5.76. The van der Waals surface area contributed by atoms with Gasteiger partial charge < -0.3 is 9.64 Å². The molecule has 166 valence electrons. The van der Waals surface area contributed by atoms with Crippen LogP contribution in [0.25, 0.3) is 5.69 Å². The molecule has 0 radical (unpaired) electrons. The van der Waals surface area contributed by atoms with Crippen molar-refractivity contribution in [3.05, 3.63) is 54.0 Å². The number of aromatic nitrogens is 6. The van der Waals surface area contributed by atoms with Gasteiger partial charge in [0.2, 0.25) is 5.88 Å². The fraction of sp³-hybridized carbons (Fsp3) is 0.400. The molecule has 3 aromatic heterocycles. The van der Waals surface area contributed by atoms with Crippen molar-refractivity contribution in [3.8, 4) is 11.6 Å². The quantitative estimate of drug-likeness (QED) is 0.609. The van der Waals surface area contributed by atoms with Gasteiger partial charge in [0, 0.05) is 18.2 Å². The normalized spacial score (nSPS) is 22.4. The highest BCUT2D eigenvalue weighted by atomic mass is 19.4. The van der Waals surface area contributed by atoms with Gasteiger partial charge in [-0.25, -0.2) is 15.0 Å². The number of ether oxygens (including phenoxy) is 1. The lowest BCUT2D eigenvalue weighted by Crippen LogP contribution is -2.40. The van der Waals surface area contributed by atoms with Crippen LogP contribution in [0.2, 0.25) is 0 Å². The maximum atomic E-state index is 13.5. The van der Waals surface area contributed by atoms with Gasteiger partial charge in [-0.2, -0.15) is 23.4 Å². The zero-order chi connectivity index (χ0) is 22.5. The second-order valence-corrected chi connectivity index (χ2v) is 7.78. The van der Waals surface area contributed by atoms with Crippen LogP contribution in [0.15, 0.2) is 36.9 Å². The minimum Gasteiger partial charge on any atom is -0.471 e. The maximum absolute atomic E-state index is 13.5. The maximum Gasteiger partial charge on any atom is 0.434 e. The molecule has 32 heavy (non-hydrogen) atoms. The smallest absolute Gasteiger partial charge is 0.434 e. The van der Waals surface area contributed by atoms with Crippen molar-refractivity contribution >= 4 is 5.91 Å². The fourth-order valence-corrected chi connectivity index (χ4v) is 4.39. The Labute approximate surface area is 180 Å². The summed E-state index contributed by atoms with van der Waals surface area (Å²) in [5.74, 6) is -0.254. The van der Waals surface area contributed by atoms with Gasteiger partial charge in [-0.15, -0.1) is 4.80 Å². The molecule has 3 aromatic rings. The predicted molar refractivity (Wildman–Crippen MR) is 103 cm³/mol. The number of hydrogen-bond acceptors (Lipinski definition) is 7. The second kappa shape index (κ2) is 7.53. The van der Waals surface area contributed by atoms with E-state index in [4.69, 9.17) is 4.74 Å². The average molecular weight is 445 g/mol. The summed E-state index contributed by atoms with van der Waals surface area (Å²) in [6, 6.07) is 3.24. The predicted octanol–water partition coefficient (Wildman–Crippen LogP) is 2.60.